The Kier molecular flexibility index (Phi) is 5.82. The summed E-state index contributed by atoms with van der Waals surface area (Å²) < 4.78 is 44.7. The number of nitro groups is 1. The highest BCUT2D eigenvalue weighted by Gasteiger charge is 2.36. The van der Waals surface area contributed by atoms with Crippen LogP contribution >= 0.6 is 22.6 Å². The summed E-state index contributed by atoms with van der Waals surface area (Å²) in [5.41, 5.74) is -1.54. The Hall–Kier alpha value is -2.37. The Morgan fingerprint density at radius 2 is 1.92 bits per heavy atom. The SMILES string of the molecule is O=C(COc1ccc([N+](=O)[O-])cc1C(F)(F)F)Nc1ccccc1I. The second kappa shape index (κ2) is 7.68. The molecule has 0 radical (unpaired) electrons. The molecule has 10 heteroatoms. The first-order valence-electron chi connectivity index (χ1n) is 6.71. The molecule has 0 saturated carbocycles. The number of halogens is 4. The standard InChI is InChI=1S/C15H10F3IN2O4/c16-15(17,18)10-7-9(21(23)24)5-6-13(10)25-8-14(22)20-12-4-2-1-3-11(12)19/h1-7H,8H2,(H,20,22). The second-order valence-corrected chi connectivity index (χ2v) is 5.91. The Morgan fingerprint density at radius 3 is 2.52 bits per heavy atom. The lowest BCUT2D eigenvalue weighted by atomic mass is 10.1. The van der Waals surface area contributed by atoms with Crippen molar-refractivity contribution in [3.63, 3.8) is 0 Å². The highest BCUT2D eigenvalue weighted by molar-refractivity contribution is 14.1. The van der Waals surface area contributed by atoms with E-state index in [9.17, 15) is 28.1 Å². The van der Waals surface area contributed by atoms with Crippen molar-refractivity contribution in [2.45, 2.75) is 6.18 Å². The molecule has 0 fully saturated rings. The fourth-order valence-electron chi connectivity index (χ4n) is 1.87. The molecule has 2 aromatic carbocycles. The maximum atomic E-state index is 13.0. The van der Waals surface area contributed by atoms with Crippen LogP contribution in [0, 0.1) is 13.7 Å². The predicted molar refractivity (Wildman–Crippen MR) is 91.4 cm³/mol. The molecule has 0 heterocycles. The van der Waals surface area contributed by atoms with Crippen molar-refractivity contribution in [2.75, 3.05) is 11.9 Å². The minimum Gasteiger partial charge on any atom is -0.483 e. The van der Waals surface area contributed by atoms with E-state index < -0.39 is 40.6 Å². The van der Waals surface area contributed by atoms with Crippen LogP contribution in [0.15, 0.2) is 42.5 Å². The van der Waals surface area contributed by atoms with Crippen LogP contribution in [0.25, 0.3) is 0 Å². The number of ether oxygens (including phenoxy) is 1. The lowest BCUT2D eigenvalue weighted by molar-refractivity contribution is -0.385. The van der Waals surface area contributed by atoms with Gasteiger partial charge >= 0.3 is 6.18 Å². The maximum Gasteiger partial charge on any atom is 0.420 e. The van der Waals surface area contributed by atoms with Gasteiger partial charge in [-0.3, -0.25) is 14.9 Å². The molecule has 2 aromatic rings. The number of nitro benzene ring substituents is 1. The fourth-order valence-corrected chi connectivity index (χ4v) is 2.39. The van der Waals surface area contributed by atoms with Gasteiger partial charge in [0.1, 0.15) is 11.3 Å². The average molecular weight is 466 g/mol. The van der Waals surface area contributed by atoms with Gasteiger partial charge in [-0.15, -0.1) is 0 Å². The number of hydrogen-bond donors (Lipinski definition) is 1. The number of carbonyl (C=O) groups excluding carboxylic acids is 1. The third kappa shape index (κ3) is 5.05. The monoisotopic (exact) mass is 466 g/mol. The number of benzene rings is 2. The van der Waals surface area contributed by atoms with Crippen LogP contribution < -0.4 is 10.1 Å². The maximum absolute atomic E-state index is 13.0. The fraction of sp³-hybridized carbons (Fsp3) is 0.133. The van der Waals surface area contributed by atoms with Crippen LogP contribution in [0.1, 0.15) is 5.56 Å². The summed E-state index contributed by atoms with van der Waals surface area (Å²) in [6, 6.07) is 8.90. The van der Waals surface area contributed by atoms with Crippen molar-refractivity contribution in [1.29, 1.82) is 0 Å². The van der Waals surface area contributed by atoms with Gasteiger partial charge < -0.3 is 10.1 Å². The zero-order valence-corrected chi connectivity index (χ0v) is 14.5. The van der Waals surface area contributed by atoms with Crippen LogP contribution in [0.4, 0.5) is 24.5 Å². The Bertz CT molecular complexity index is 812. The first kappa shape index (κ1) is 19.0. The molecule has 0 aliphatic carbocycles. The zero-order valence-electron chi connectivity index (χ0n) is 12.3. The highest BCUT2D eigenvalue weighted by Crippen LogP contribution is 2.38. The third-order valence-corrected chi connectivity index (χ3v) is 3.93. The van der Waals surface area contributed by atoms with E-state index in [1.807, 2.05) is 22.6 Å². The number of anilines is 1. The van der Waals surface area contributed by atoms with Gasteiger partial charge in [-0.25, -0.2) is 0 Å². The van der Waals surface area contributed by atoms with Crippen molar-refractivity contribution in [3.05, 3.63) is 61.7 Å². The number of para-hydroxylation sites is 1. The summed E-state index contributed by atoms with van der Waals surface area (Å²) in [7, 11) is 0. The number of amides is 1. The summed E-state index contributed by atoms with van der Waals surface area (Å²) in [5.74, 6) is -1.31. The molecule has 1 amide bonds. The van der Waals surface area contributed by atoms with Gasteiger partial charge in [0.05, 0.1) is 10.6 Å². The largest absolute Gasteiger partial charge is 0.483 e. The molecule has 2 rings (SSSR count). The molecule has 0 aromatic heterocycles. The molecule has 0 spiro atoms. The van der Waals surface area contributed by atoms with Crippen LogP contribution in [0.5, 0.6) is 5.75 Å². The van der Waals surface area contributed by atoms with Crippen LogP contribution in [-0.4, -0.2) is 17.4 Å². The minimum atomic E-state index is -4.85. The second-order valence-electron chi connectivity index (χ2n) is 4.75. The molecule has 0 aliphatic heterocycles. The van der Waals surface area contributed by atoms with Gasteiger partial charge in [-0.2, -0.15) is 13.2 Å². The zero-order chi connectivity index (χ0) is 18.6. The first-order chi connectivity index (χ1) is 11.7. The number of nitrogens with one attached hydrogen (secondary N) is 1. The molecule has 25 heavy (non-hydrogen) atoms. The van der Waals surface area contributed by atoms with Crippen molar-refractivity contribution in [1.82, 2.24) is 0 Å². The predicted octanol–water partition coefficient (Wildman–Crippen LogP) is 4.24. The van der Waals surface area contributed by atoms with E-state index in [4.69, 9.17) is 4.74 Å². The molecular formula is C15H10F3IN2O4. The molecule has 6 nitrogen and oxygen atoms in total. The van der Waals surface area contributed by atoms with E-state index in [1.165, 1.54) is 0 Å². The van der Waals surface area contributed by atoms with Crippen LogP contribution in [-0.2, 0) is 11.0 Å². The third-order valence-electron chi connectivity index (χ3n) is 2.99. The lowest BCUT2D eigenvalue weighted by Crippen LogP contribution is -2.21. The van der Waals surface area contributed by atoms with Gasteiger partial charge in [0.15, 0.2) is 6.61 Å². The van der Waals surface area contributed by atoms with Gasteiger partial charge in [0.2, 0.25) is 0 Å². The van der Waals surface area contributed by atoms with Crippen molar-refractivity contribution in [2.24, 2.45) is 0 Å². The van der Waals surface area contributed by atoms with E-state index in [2.05, 4.69) is 5.32 Å². The first-order valence-corrected chi connectivity index (χ1v) is 7.79. The molecule has 132 valence electrons. The molecular weight excluding hydrogens is 456 g/mol. The summed E-state index contributed by atoms with van der Waals surface area (Å²) in [5, 5.41) is 13.1. The summed E-state index contributed by atoms with van der Waals surface area (Å²) in [6.45, 7) is -0.675. The van der Waals surface area contributed by atoms with Crippen LogP contribution in [0.3, 0.4) is 0 Å². The molecule has 0 unspecified atom stereocenters. The van der Waals surface area contributed by atoms with Crippen molar-refractivity contribution >= 4 is 39.9 Å². The Morgan fingerprint density at radius 1 is 1.24 bits per heavy atom. The number of alkyl halides is 3. The molecule has 0 aliphatic rings. The van der Waals surface area contributed by atoms with E-state index >= 15 is 0 Å². The van der Waals surface area contributed by atoms with E-state index in [1.54, 1.807) is 24.3 Å². The minimum absolute atomic E-state index is 0.368. The van der Waals surface area contributed by atoms with Crippen molar-refractivity contribution < 1.29 is 27.6 Å². The van der Waals surface area contributed by atoms with E-state index in [0.717, 1.165) is 15.7 Å². The molecule has 1 N–H and O–H groups in total. The van der Waals surface area contributed by atoms with Gasteiger partial charge in [0, 0.05) is 15.7 Å². The van der Waals surface area contributed by atoms with E-state index in [0.29, 0.717) is 11.8 Å². The number of nitrogens with zero attached hydrogens (tertiary/aromatic N) is 1. The number of carbonyl (C=O) groups is 1. The molecule has 0 bridgehead atoms. The quantitative estimate of drug-likeness (QED) is 0.406. The lowest BCUT2D eigenvalue weighted by Gasteiger charge is -2.14. The molecule has 0 atom stereocenters. The smallest absolute Gasteiger partial charge is 0.420 e. The van der Waals surface area contributed by atoms with Gasteiger partial charge in [0.25, 0.3) is 11.6 Å². The van der Waals surface area contributed by atoms with E-state index in [-0.39, 0.29) is 0 Å². The summed E-state index contributed by atoms with van der Waals surface area (Å²) in [6.07, 6.45) is -4.85. The van der Waals surface area contributed by atoms with Crippen LogP contribution in [0.2, 0.25) is 0 Å². The van der Waals surface area contributed by atoms with Gasteiger partial charge in [-0.1, -0.05) is 12.1 Å². The summed E-state index contributed by atoms with van der Waals surface area (Å²) in [4.78, 5) is 21.5. The van der Waals surface area contributed by atoms with Gasteiger partial charge in [-0.05, 0) is 40.8 Å². The number of rotatable bonds is 5. The average Bonchev–Trinajstić information content (AvgIpc) is 2.54. The highest BCUT2D eigenvalue weighted by atomic mass is 127. The topological polar surface area (TPSA) is 81.5 Å². The number of hydrogen-bond acceptors (Lipinski definition) is 4. The Balaban J connectivity index is 2.13. The summed E-state index contributed by atoms with van der Waals surface area (Å²) >= 11 is 1.99. The molecule has 0 saturated heterocycles. The number of non-ortho nitro benzene ring substituents is 1. The normalized spacial score (nSPS) is 11.0. The van der Waals surface area contributed by atoms with Crippen molar-refractivity contribution in [3.8, 4) is 5.75 Å². The Labute approximate surface area is 153 Å².